The Labute approximate surface area is 561 Å². The maximum Gasteiger partial charge on any atom is 0.418 e. The molecule has 11 heteroatoms. The summed E-state index contributed by atoms with van der Waals surface area (Å²) in [6.07, 6.45) is -4.72. The van der Waals surface area contributed by atoms with Gasteiger partial charge in [-0.2, -0.15) is 13.2 Å². The Hall–Kier alpha value is -11.7. The Bertz CT molecular complexity index is 5260. The Morgan fingerprint density at radius 3 is 1.30 bits per heavy atom. The molecule has 454 valence electrons. The lowest BCUT2D eigenvalue weighted by molar-refractivity contribution is -0.137. The van der Waals surface area contributed by atoms with Gasteiger partial charge in [-0.05, 0) is 165 Å². The highest BCUT2D eigenvalue weighted by Crippen LogP contribution is 2.53. The van der Waals surface area contributed by atoms with Crippen LogP contribution in [-0.4, -0.2) is 13.4 Å². The Morgan fingerprint density at radius 1 is 0.281 bits per heavy atom. The van der Waals surface area contributed by atoms with E-state index in [2.05, 4.69) is 274 Å². The maximum absolute atomic E-state index is 16.3. The second-order valence-corrected chi connectivity index (χ2v) is 25.7. The van der Waals surface area contributed by atoms with Gasteiger partial charge in [-0.15, -0.1) is 0 Å². The van der Waals surface area contributed by atoms with E-state index in [1.165, 1.54) is 12.1 Å². The summed E-state index contributed by atoms with van der Waals surface area (Å²) >= 11 is 1.70. The first kappa shape index (κ1) is 57.0. The molecule has 18 rings (SSSR count). The van der Waals surface area contributed by atoms with Crippen LogP contribution in [0.5, 0.6) is 0 Å². The molecule has 4 aliphatic heterocycles. The quantitative estimate of drug-likeness (QED) is 0.119. The monoisotopic (exact) mass is 1260 g/mol. The zero-order chi connectivity index (χ0) is 64.0. The first-order valence-electron chi connectivity index (χ1n) is 32.4. The van der Waals surface area contributed by atoms with Crippen molar-refractivity contribution >= 4 is 143 Å². The molecule has 0 fully saturated rings. The van der Waals surface area contributed by atoms with E-state index >= 15 is 13.2 Å². The standard InChI is InChI=1S/C85H56B2F3N5S/c88-85(89,90)68-40-20-24-44-74(68)95-77-56-81-72(55-71(77)86-69-41-21-25-45-75(69)93(62-35-15-5-16-36-62)78-51-65(52-79(95)83(78)86)91(60-31-11-3-12-32-60)61-33-13-4-14-34-61)87-70-42-22-26-46-76(70)94(63-37-17-6-18-38-63)80-53-66(54-82(96-81)84(80)87)92(64-49-47-58(48-50-64)57-27-7-1-8-28-57)73-43-23-19-39-67(73)59-29-9-2-10-30-59/h1-56H. The molecular formula is C85H56B2F3N5S. The van der Waals surface area contributed by atoms with Gasteiger partial charge in [0.2, 0.25) is 6.71 Å². The molecule has 0 aliphatic carbocycles. The summed E-state index contributed by atoms with van der Waals surface area (Å²) < 4.78 is 48.9. The van der Waals surface area contributed by atoms with Crippen LogP contribution in [0.3, 0.4) is 0 Å². The molecule has 0 amide bonds. The van der Waals surface area contributed by atoms with E-state index < -0.39 is 18.5 Å². The van der Waals surface area contributed by atoms with E-state index in [9.17, 15) is 0 Å². The molecule has 0 saturated heterocycles. The van der Waals surface area contributed by atoms with Crippen LogP contribution in [0.2, 0.25) is 0 Å². The normalized spacial score (nSPS) is 13.0. The summed E-state index contributed by atoms with van der Waals surface area (Å²) in [5.41, 5.74) is 22.8. The van der Waals surface area contributed by atoms with Gasteiger partial charge in [0.1, 0.15) is 0 Å². The molecule has 0 radical (unpaired) electrons. The van der Waals surface area contributed by atoms with Gasteiger partial charge >= 0.3 is 6.18 Å². The lowest BCUT2D eigenvalue weighted by Gasteiger charge is -2.46. The third kappa shape index (κ3) is 9.43. The summed E-state index contributed by atoms with van der Waals surface area (Å²) in [7, 11) is 0. The number of rotatable bonds is 11. The van der Waals surface area contributed by atoms with Crippen molar-refractivity contribution < 1.29 is 13.2 Å². The van der Waals surface area contributed by atoms with Gasteiger partial charge in [-0.3, -0.25) is 0 Å². The molecule has 14 aromatic carbocycles. The molecule has 96 heavy (non-hydrogen) atoms. The summed E-state index contributed by atoms with van der Waals surface area (Å²) in [4.78, 5) is 13.3. The molecular weight excluding hydrogens is 1200 g/mol. The number of anilines is 15. The van der Waals surface area contributed by atoms with Crippen molar-refractivity contribution in [2.75, 3.05) is 24.5 Å². The van der Waals surface area contributed by atoms with Gasteiger partial charge in [0.05, 0.1) is 22.6 Å². The number of fused-ring (bicyclic) bond motifs is 8. The van der Waals surface area contributed by atoms with Gasteiger partial charge < -0.3 is 24.5 Å². The second-order valence-electron chi connectivity index (χ2n) is 24.6. The number of nitrogens with zero attached hydrogens (tertiary/aromatic N) is 5. The third-order valence-corrected chi connectivity index (χ3v) is 20.4. The predicted octanol–water partition coefficient (Wildman–Crippen LogP) is 19.8. The van der Waals surface area contributed by atoms with Crippen LogP contribution in [0.25, 0.3) is 22.3 Å². The van der Waals surface area contributed by atoms with Gasteiger partial charge in [0.15, 0.2) is 0 Å². The van der Waals surface area contributed by atoms with Crippen molar-refractivity contribution in [3.8, 4) is 22.3 Å². The Balaban J connectivity index is 0.920. The number of hydrogen-bond acceptors (Lipinski definition) is 6. The number of halogens is 3. The van der Waals surface area contributed by atoms with Gasteiger partial charge in [0.25, 0.3) is 6.71 Å². The van der Waals surface area contributed by atoms with Crippen molar-refractivity contribution in [3.05, 3.63) is 345 Å². The zero-order valence-electron chi connectivity index (χ0n) is 51.8. The summed E-state index contributed by atoms with van der Waals surface area (Å²) in [5.74, 6) is 0. The largest absolute Gasteiger partial charge is 0.418 e. The van der Waals surface area contributed by atoms with E-state index in [1.54, 1.807) is 23.9 Å². The van der Waals surface area contributed by atoms with Crippen molar-refractivity contribution in [1.82, 2.24) is 0 Å². The first-order valence-corrected chi connectivity index (χ1v) is 33.2. The lowest BCUT2D eigenvalue weighted by Crippen LogP contribution is -2.64. The number of hydrogen-bond donors (Lipinski definition) is 0. The minimum absolute atomic E-state index is 0.0402. The smallest absolute Gasteiger partial charge is 0.311 e. The summed E-state index contributed by atoms with van der Waals surface area (Å²) in [6, 6.07) is 117. The minimum atomic E-state index is -4.72. The highest BCUT2D eigenvalue weighted by molar-refractivity contribution is 8.00. The number of para-hydroxylation sites is 8. The molecule has 0 saturated carbocycles. The molecule has 0 atom stereocenters. The molecule has 0 aromatic heterocycles. The van der Waals surface area contributed by atoms with Crippen molar-refractivity contribution in [3.63, 3.8) is 0 Å². The minimum Gasteiger partial charge on any atom is -0.311 e. The molecule has 14 aromatic rings. The SMILES string of the molecule is FC(F)(F)c1ccccc1N1c2cc3c(cc2B2c4ccccc4N(c4ccccc4)c4cc(N(c5ccccc5)c5ccccc5)cc1c42)B1c2ccccc2N(c2ccccc2)c2cc(N(c4ccc(-c5ccccc5)cc4)c4ccccc4-c4ccccc4)cc(c21)S3. The highest BCUT2D eigenvalue weighted by Gasteiger charge is 2.49. The fourth-order valence-electron chi connectivity index (χ4n) is 15.2. The summed E-state index contributed by atoms with van der Waals surface area (Å²) in [5, 5.41) is 0. The van der Waals surface area contributed by atoms with Crippen LogP contribution in [0, 0.1) is 0 Å². The molecule has 4 aliphatic rings. The van der Waals surface area contributed by atoms with E-state index in [1.807, 2.05) is 65.6 Å². The fourth-order valence-corrected chi connectivity index (χ4v) is 16.5. The summed E-state index contributed by atoms with van der Waals surface area (Å²) in [6.45, 7) is -0.711. The molecule has 0 bridgehead atoms. The molecule has 0 spiro atoms. The van der Waals surface area contributed by atoms with E-state index in [0.29, 0.717) is 11.4 Å². The topological polar surface area (TPSA) is 16.2 Å². The fraction of sp³-hybridized carbons (Fsp3) is 0.0118. The van der Waals surface area contributed by atoms with Gasteiger partial charge in [-0.1, -0.05) is 236 Å². The molecule has 5 nitrogen and oxygen atoms in total. The van der Waals surface area contributed by atoms with Crippen molar-refractivity contribution in [2.24, 2.45) is 0 Å². The van der Waals surface area contributed by atoms with E-state index in [0.717, 1.165) is 133 Å². The van der Waals surface area contributed by atoms with Gasteiger partial charge in [-0.25, -0.2) is 0 Å². The average molecular weight is 1260 g/mol. The van der Waals surface area contributed by atoms with Crippen molar-refractivity contribution in [2.45, 2.75) is 16.0 Å². The molecule has 0 N–H and O–H groups in total. The Morgan fingerprint density at radius 2 is 0.719 bits per heavy atom. The van der Waals surface area contributed by atoms with Crippen LogP contribution >= 0.6 is 11.8 Å². The van der Waals surface area contributed by atoms with E-state index in [4.69, 9.17) is 0 Å². The zero-order valence-corrected chi connectivity index (χ0v) is 52.6. The van der Waals surface area contributed by atoms with Crippen LogP contribution in [-0.2, 0) is 6.18 Å². The number of benzene rings is 14. The lowest BCUT2D eigenvalue weighted by atomic mass is 9.31. The maximum atomic E-state index is 16.3. The Kier molecular flexibility index (Phi) is 13.7. The average Bonchev–Trinajstić information content (AvgIpc) is 0.692. The van der Waals surface area contributed by atoms with Crippen molar-refractivity contribution in [1.29, 1.82) is 0 Å². The predicted molar refractivity (Wildman–Crippen MR) is 396 cm³/mol. The number of alkyl halides is 3. The van der Waals surface area contributed by atoms with Crippen LogP contribution in [0.1, 0.15) is 5.56 Å². The van der Waals surface area contributed by atoms with Gasteiger partial charge in [0, 0.05) is 83.6 Å². The van der Waals surface area contributed by atoms with Crippen LogP contribution in [0.4, 0.5) is 98.5 Å². The highest BCUT2D eigenvalue weighted by atomic mass is 32.2. The second kappa shape index (κ2) is 23.1. The molecule has 0 unspecified atom stereocenters. The first-order chi connectivity index (χ1) is 47.3. The van der Waals surface area contributed by atoms with Crippen LogP contribution < -0.4 is 57.3 Å². The third-order valence-electron chi connectivity index (χ3n) is 19.2. The van der Waals surface area contributed by atoms with Crippen LogP contribution in [0.15, 0.2) is 350 Å². The van der Waals surface area contributed by atoms with E-state index in [-0.39, 0.29) is 12.4 Å². The molecule has 4 heterocycles.